The van der Waals surface area contributed by atoms with Crippen molar-refractivity contribution >= 4 is 12.0 Å². The van der Waals surface area contributed by atoms with Crippen LogP contribution in [-0.2, 0) is 16.0 Å². The van der Waals surface area contributed by atoms with Crippen LogP contribution >= 0.6 is 0 Å². The second-order valence-corrected chi connectivity index (χ2v) is 3.93. The van der Waals surface area contributed by atoms with E-state index in [9.17, 15) is 4.79 Å². The molecular weight excluding hydrogens is 216 g/mol. The minimum Gasteiger partial charge on any atom is -0.478 e. The average Bonchev–Trinajstić information content (AvgIpc) is 2.37. The minimum atomic E-state index is -0.470. The van der Waals surface area contributed by atoms with Gasteiger partial charge in [0.15, 0.2) is 6.10 Å². The van der Waals surface area contributed by atoms with E-state index < -0.39 is 6.10 Å². The second-order valence-electron chi connectivity index (χ2n) is 3.93. The van der Waals surface area contributed by atoms with E-state index >= 15 is 0 Å². The molecule has 1 aliphatic heterocycles. The summed E-state index contributed by atoms with van der Waals surface area (Å²) in [5.41, 5.74) is 2.20. The molecule has 0 aromatic heterocycles. The molecule has 17 heavy (non-hydrogen) atoms. The van der Waals surface area contributed by atoms with E-state index in [0.29, 0.717) is 13.0 Å². The van der Waals surface area contributed by atoms with E-state index in [0.717, 1.165) is 23.3 Å². The summed E-state index contributed by atoms with van der Waals surface area (Å²) in [4.78, 5) is 11.6. The molecule has 0 saturated carbocycles. The standard InChI is InChI=1S/C14H16O3/c1-3-10-6-5-7-12-11(10)8-9-13(17-12)14(15)16-4-2/h3,5-7,13H,1,4,8-9H2,2H3. The number of hydrogen-bond donors (Lipinski definition) is 0. The Balaban J connectivity index is 2.19. The Hall–Kier alpha value is -1.77. The number of hydrogen-bond acceptors (Lipinski definition) is 3. The number of benzene rings is 1. The first kappa shape index (κ1) is 11.7. The van der Waals surface area contributed by atoms with Crippen molar-refractivity contribution in [3.05, 3.63) is 35.9 Å². The fourth-order valence-electron chi connectivity index (χ4n) is 2.04. The average molecular weight is 232 g/mol. The van der Waals surface area contributed by atoms with E-state index in [-0.39, 0.29) is 5.97 Å². The summed E-state index contributed by atoms with van der Waals surface area (Å²) >= 11 is 0. The Bertz CT molecular complexity index is 437. The van der Waals surface area contributed by atoms with E-state index in [2.05, 4.69) is 6.58 Å². The van der Waals surface area contributed by atoms with Crippen LogP contribution in [0.2, 0.25) is 0 Å². The third kappa shape index (κ3) is 2.33. The van der Waals surface area contributed by atoms with Gasteiger partial charge in [0.25, 0.3) is 0 Å². The van der Waals surface area contributed by atoms with Gasteiger partial charge in [-0.15, -0.1) is 0 Å². The molecule has 0 aliphatic carbocycles. The molecule has 0 radical (unpaired) electrons. The highest BCUT2D eigenvalue weighted by atomic mass is 16.6. The zero-order valence-corrected chi connectivity index (χ0v) is 9.94. The van der Waals surface area contributed by atoms with Gasteiger partial charge in [-0.3, -0.25) is 0 Å². The summed E-state index contributed by atoms with van der Waals surface area (Å²) in [6, 6.07) is 5.79. The molecule has 0 spiro atoms. The van der Waals surface area contributed by atoms with Gasteiger partial charge in [0, 0.05) is 5.56 Å². The van der Waals surface area contributed by atoms with Crippen LogP contribution in [0.1, 0.15) is 24.5 Å². The lowest BCUT2D eigenvalue weighted by atomic mass is 9.97. The summed E-state index contributed by atoms with van der Waals surface area (Å²) in [5, 5.41) is 0. The van der Waals surface area contributed by atoms with Crippen molar-refractivity contribution < 1.29 is 14.3 Å². The van der Waals surface area contributed by atoms with Crippen molar-refractivity contribution in [3.63, 3.8) is 0 Å². The second kappa shape index (κ2) is 5.04. The topological polar surface area (TPSA) is 35.5 Å². The van der Waals surface area contributed by atoms with Crippen molar-refractivity contribution in [2.24, 2.45) is 0 Å². The van der Waals surface area contributed by atoms with Crippen LogP contribution < -0.4 is 4.74 Å². The minimum absolute atomic E-state index is 0.276. The maximum Gasteiger partial charge on any atom is 0.347 e. The molecule has 1 heterocycles. The molecule has 0 amide bonds. The quantitative estimate of drug-likeness (QED) is 0.751. The predicted molar refractivity (Wildman–Crippen MR) is 65.9 cm³/mol. The number of carbonyl (C=O) groups is 1. The van der Waals surface area contributed by atoms with Gasteiger partial charge in [-0.25, -0.2) is 4.79 Å². The predicted octanol–water partition coefficient (Wildman–Crippen LogP) is 2.59. The van der Waals surface area contributed by atoms with Crippen LogP contribution in [0.25, 0.3) is 6.08 Å². The number of carbonyl (C=O) groups excluding carboxylic acids is 1. The number of esters is 1. The Morgan fingerprint density at radius 1 is 1.65 bits per heavy atom. The highest BCUT2D eigenvalue weighted by Crippen LogP contribution is 2.31. The maximum atomic E-state index is 11.6. The molecule has 1 atom stereocenters. The van der Waals surface area contributed by atoms with Crippen molar-refractivity contribution in [3.8, 4) is 5.75 Å². The molecule has 3 nitrogen and oxygen atoms in total. The molecular formula is C14H16O3. The summed E-state index contributed by atoms with van der Waals surface area (Å²) in [5.74, 6) is 0.494. The highest BCUT2D eigenvalue weighted by molar-refractivity contribution is 5.76. The fraction of sp³-hybridized carbons (Fsp3) is 0.357. The molecule has 0 N–H and O–H groups in total. The lowest BCUT2D eigenvalue weighted by Gasteiger charge is -2.25. The van der Waals surface area contributed by atoms with Crippen LogP contribution in [0.3, 0.4) is 0 Å². The Morgan fingerprint density at radius 3 is 3.18 bits per heavy atom. The molecule has 90 valence electrons. The third-order valence-corrected chi connectivity index (χ3v) is 2.86. The molecule has 0 saturated heterocycles. The molecule has 1 aromatic rings. The molecule has 3 heteroatoms. The van der Waals surface area contributed by atoms with Crippen LogP contribution in [0, 0.1) is 0 Å². The normalized spacial score (nSPS) is 17.8. The third-order valence-electron chi connectivity index (χ3n) is 2.86. The fourth-order valence-corrected chi connectivity index (χ4v) is 2.04. The Kier molecular flexibility index (Phi) is 3.47. The van der Waals surface area contributed by atoms with Crippen LogP contribution in [0.5, 0.6) is 5.75 Å². The Labute approximate surface area is 101 Å². The molecule has 1 aliphatic rings. The van der Waals surface area contributed by atoms with E-state index in [4.69, 9.17) is 9.47 Å². The highest BCUT2D eigenvalue weighted by Gasteiger charge is 2.27. The van der Waals surface area contributed by atoms with E-state index in [1.165, 1.54) is 0 Å². The van der Waals surface area contributed by atoms with Crippen LogP contribution in [0.4, 0.5) is 0 Å². The van der Waals surface area contributed by atoms with Gasteiger partial charge in [0.1, 0.15) is 5.75 Å². The van der Waals surface area contributed by atoms with Crippen LogP contribution in [-0.4, -0.2) is 18.7 Å². The Morgan fingerprint density at radius 2 is 2.47 bits per heavy atom. The van der Waals surface area contributed by atoms with Gasteiger partial charge in [0.2, 0.25) is 0 Å². The lowest BCUT2D eigenvalue weighted by molar-refractivity contribution is -0.152. The summed E-state index contributed by atoms with van der Waals surface area (Å²) in [7, 11) is 0. The van der Waals surface area contributed by atoms with Gasteiger partial charge in [-0.05, 0) is 31.4 Å². The zero-order chi connectivity index (χ0) is 12.3. The number of ether oxygens (including phenoxy) is 2. The summed E-state index contributed by atoms with van der Waals surface area (Å²) in [6.45, 7) is 5.96. The summed E-state index contributed by atoms with van der Waals surface area (Å²) < 4.78 is 10.6. The molecule has 0 fully saturated rings. The molecule has 1 unspecified atom stereocenters. The van der Waals surface area contributed by atoms with Crippen molar-refractivity contribution in [1.29, 1.82) is 0 Å². The number of fused-ring (bicyclic) bond motifs is 1. The first-order valence-corrected chi connectivity index (χ1v) is 5.84. The molecule has 0 bridgehead atoms. The number of rotatable bonds is 3. The summed E-state index contributed by atoms with van der Waals surface area (Å²) in [6.07, 6.45) is 2.83. The maximum absolute atomic E-state index is 11.6. The zero-order valence-electron chi connectivity index (χ0n) is 9.94. The lowest BCUT2D eigenvalue weighted by Crippen LogP contribution is -2.33. The van der Waals surface area contributed by atoms with Gasteiger partial charge in [-0.1, -0.05) is 24.8 Å². The van der Waals surface area contributed by atoms with Crippen LogP contribution in [0.15, 0.2) is 24.8 Å². The van der Waals surface area contributed by atoms with Gasteiger partial charge in [0.05, 0.1) is 6.61 Å². The van der Waals surface area contributed by atoms with Gasteiger partial charge >= 0.3 is 5.97 Å². The SMILES string of the molecule is C=Cc1cccc2c1CCC(C(=O)OCC)O2. The first-order valence-electron chi connectivity index (χ1n) is 5.84. The molecule has 2 rings (SSSR count). The van der Waals surface area contributed by atoms with Gasteiger partial charge in [-0.2, -0.15) is 0 Å². The molecule has 1 aromatic carbocycles. The van der Waals surface area contributed by atoms with Gasteiger partial charge < -0.3 is 9.47 Å². The smallest absolute Gasteiger partial charge is 0.347 e. The first-order chi connectivity index (χ1) is 8.26. The van der Waals surface area contributed by atoms with E-state index in [1.807, 2.05) is 24.3 Å². The largest absolute Gasteiger partial charge is 0.478 e. The van der Waals surface area contributed by atoms with Crippen molar-refractivity contribution in [2.75, 3.05) is 6.61 Å². The monoisotopic (exact) mass is 232 g/mol. The van der Waals surface area contributed by atoms with Crippen molar-refractivity contribution in [1.82, 2.24) is 0 Å². The van der Waals surface area contributed by atoms with E-state index in [1.54, 1.807) is 6.92 Å². The van der Waals surface area contributed by atoms with Crippen molar-refractivity contribution in [2.45, 2.75) is 25.9 Å².